The molecule has 0 saturated carbocycles. The number of carbonyl (C=O) groups excluding carboxylic acids is 3. The number of likely N-dealkylation sites (N-methyl/N-ethyl adjacent to an activating group) is 1. The standard InChI is InChI=1S/C18H26N2O7S/c1-10(2)27-17(22)15-11(3)16(19-12(15)4)18(23)26-8-14(21)20(5)13-6-7-28(24,25)9-13/h10,13,19H,6-9H2,1-5H3/t13-/m0/s1. The predicted octanol–water partition coefficient (Wildman–Crippen LogP) is 0.999. The van der Waals surface area contributed by atoms with Gasteiger partial charge in [-0.25, -0.2) is 18.0 Å². The maximum Gasteiger partial charge on any atom is 0.355 e. The summed E-state index contributed by atoms with van der Waals surface area (Å²) in [6.07, 6.45) is 0.0681. The number of nitrogens with one attached hydrogen (secondary N) is 1. The van der Waals surface area contributed by atoms with Gasteiger partial charge in [-0.2, -0.15) is 0 Å². The van der Waals surface area contributed by atoms with Gasteiger partial charge in [0.15, 0.2) is 16.4 Å². The number of nitrogens with zero attached hydrogens (tertiary/aromatic N) is 1. The molecule has 1 aliphatic heterocycles. The highest BCUT2D eigenvalue weighted by atomic mass is 32.2. The fraction of sp³-hybridized carbons (Fsp3) is 0.611. The van der Waals surface area contributed by atoms with Gasteiger partial charge < -0.3 is 19.4 Å². The number of aryl methyl sites for hydroxylation is 1. The number of esters is 2. The van der Waals surface area contributed by atoms with Crippen LogP contribution in [-0.2, 0) is 24.1 Å². The Hall–Kier alpha value is -2.36. The summed E-state index contributed by atoms with van der Waals surface area (Å²) < 4.78 is 33.3. The van der Waals surface area contributed by atoms with Crippen molar-refractivity contribution < 1.29 is 32.3 Å². The van der Waals surface area contributed by atoms with Crippen molar-refractivity contribution in [2.24, 2.45) is 0 Å². The lowest BCUT2D eigenvalue weighted by molar-refractivity contribution is -0.134. The van der Waals surface area contributed by atoms with E-state index in [1.165, 1.54) is 11.9 Å². The molecule has 0 aliphatic carbocycles. The lowest BCUT2D eigenvalue weighted by atomic mass is 10.1. The maximum atomic E-state index is 12.4. The third-order valence-electron chi connectivity index (χ3n) is 4.66. The molecule has 9 nitrogen and oxygen atoms in total. The Labute approximate surface area is 164 Å². The molecule has 0 unspecified atom stereocenters. The first-order valence-electron chi connectivity index (χ1n) is 8.96. The van der Waals surface area contributed by atoms with Crippen molar-refractivity contribution in [1.82, 2.24) is 9.88 Å². The van der Waals surface area contributed by atoms with Gasteiger partial charge in [0.25, 0.3) is 5.91 Å². The Kier molecular flexibility index (Phi) is 6.53. The molecule has 2 heterocycles. The molecule has 1 amide bonds. The number of hydrogen-bond donors (Lipinski definition) is 1. The van der Waals surface area contributed by atoms with Gasteiger partial charge in [0.05, 0.1) is 23.2 Å². The number of ether oxygens (including phenoxy) is 2. The molecule has 10 heteroatoms. The molecule has 2 rings (SSSR count). The second kappa shape index (κ2) is 8.34. The molecule has 1 fully saturated rings. The van der Waals surface area contributed by atoms with E-state index in [1.54, 1.807) is 27.7 Å². The number of hydrogen-bond acceptors (Lipinski definition) is 7. The number of sulfone groups is 1. The van der Waals surface area contributed by atoms with E-state index in [-0.39, 0.29) is 28.9 Å². The van der Waals surface area contributed by atoms with E-state index in [0.717, 1.165) is 0 Å². The van der Waals surface area contributed by atoms with Gasteiger partial charge in [-0.3, -0.25) is 4.79 Å². The largest absolute Gasteiger partial charge is 0.459 e. The van der Waals surface area contributed by atoms with Crippen molar-refractivity contribution in [2.45, 2.75) is 46.3 Å². The minimum atomic E-state index is -3.12. The SMILES string of the molecule is Cc1[nH]c(C(=O)OCC(=O)N(C)[C@H]2CCS(=O)(=O)C2)c(C)c1C(=O)OC(C)C. The van der Waals surface area contributed by atoms with Gasteiger partial charge in [0, 0.05) is 18.8 Å². The number of aromatic nitrogens is 1. The van der Waals surface area contributed by atoms with E-state index in [2.05, 4.69) is 4.98 Å². The van der Waals surface area contributed by atoms with Crippen molar-refractivity contribution in [1.29, 1.82) is 0 Å². The van der Waals surface area contributed by atoms with Gasteiger partial charge in [0.1, 0.15) is 5.69 Å². The number of rotatable bonds is 6. The maximum absolute atomic E-state index is 12.4. The summed E-state index contributed by atoms with van der Waals surface area (Å²) in [5.41, 5.74) is 1.19. The Bertz CT molecular complexity index is 886. The molecule has 1 saturated heterocycles. The highest BCUT2D eigenvalue weighted by Gasteiger charge is 2.33. The Morgan fingerprint density at radius 3 is 2.39 bits per heavy atom. The van der Waals surface area contributed by atoms with Crippen molar-refractivity contribution in [3.8, 4) is 0 Å². The molecule has 1 atom stereocenters. The van der Waals surface area contributed by atoms with Crippen LogP contribution in [0.15, 0.2) is 0 Å². The Morgan fingerprint density at radius 2 is 1.86 bits per heavy atom. The summed E-state index contributed by atoms with van der Waals surface area (Å²) in [5.74, 6) is -1.84. The van der Waals surface area contributed by atoms with Crippen LogP contribution in [-0.4, -0.2) is 73.5 Å². The topological polar surface area (TPSA) is 123 Å². The molecule has 1 aliphatic rings. The zero-order chi connectivity index (χ0) is 21.2. The molecular weight excluding hydrogens is 388 g/mol. The van der Waals surface area contributed by atoms with Gasteiger partial charge in [-0.1, -0.05) is 0 Å². The second-order valence-corrected chi connectivity index (χ2v) is 9.45. The fourth-order valence-electron chi connectivity index (χ4n) is 3.12. The summed E-state index contributed by atoms with van der Waals surface area (Å²) in [6.45, 7) is 6.16. The molecular formula is C18H26N2O7S. The monoisotopic (exact) mass is 414 g/mol. The lowest BCUT2D eigenvalue weighted by Gasteiger charge is -2.23. The summed E-state index contributed by atoms with van der Waals surface area (Å²) in [5, 5.41) is 0. The lowest BCUT2D eigenvalue weighted by Crippen LogP contribution is -2.40. The highest BCUT2D eigenvalue weighted by molar-refractivity contribution is 7.91. The van der Waals surface area contributed by atoms with E-state index in [4.69, 9.17) is 9.47 Å². The number of H-pyrrole nitrogens is 1. The van der Waals surface area contributed by atoms with Crippen LogP contribution in [0.1, 0.15) is 52.4 Å². The van der Waals surface area contributed by atoms with Crippen molar-refractivity contribution in [3.63, 3.8) is 0 Å². The Balaban J connectivity index is 2.01. The average molecular weight is 414 g/mol. The van der Waals surface area contributed by atoms with E-state index in [9.17, 15) is 22.8 Å². The van der Waals surface area contributed by atoms with E-state index < -0.39 is 40.3 Å². The summed E-state index contributed by atoms with van der Waals surface area (Å²) in [4.78, 5) is 40.9. The molecule has 1 N–H and O–H groups in total. The minimum absolute atomic E-state index is 0.0469. The molecule has 0 radical (unpaired) electrons. The number of aromatic amines is 1. The second-order valence-electron chi connectivity index (χ2n) is 7.22. The van der Waals surface area contributed by atoms with E-state index in [0.29, 0.717) is 17.7 Å². The van der Waals surface area contributed by atoms with Gasteiger partial charge in [-0.05, 0) is 39.7 Å². The number of carbonyl (C=O) groups is 3. The summed E-state index contributed by atoms with van der Waals surface area (Å²) in [6, 6.07) is -0.414. The zero-order valence-electron chi connectivity index (χ0n) is 16.7. The molecule has 1 aromatic rings. The van der Waals surface area contributed by atoms with Crippen LogP contribution >= 0.6 is 0 Å². The third-order valence-corrected chi connectivity index (χ3v) is 6.42. The fourth-order valence-corrected chi connectivity index (χ4v) is 4.89. The molecule has 1 aromatic heterocycles. The van der Waals surface area contributed by atoms with E-state index >= 15 is 0 Å². The van der Waals surface area contributed by atoms with Crippen LogP contribution in [0, 0.1) is 13.8 Å². The highest BCUT2D eigenvalue weighted by Crippen LogP contribution is 2.21. The quantitative estimate of drug-likeness (QED) is 0.689. The molecule has 0 bridgehead atoms. The smallest absolute Gasteiger partial charge is 0.355 e. The Morgan fingerprint density at radius 1 is 1.21 bits per heavy atom. The van der Waals surface area contributed by atoms with Gasteiger partial charge in [-0.15, -0.1) is 0 Å². The van der Waals surface area contributed by atoms with Crippen LogP contribution < -0.4 is 0 Å². The van der Waals surface area contributed by atoms with Crippen LogP contribution in [0.2, 0.25) is 0 Å². The third kappa shape index (κ3) is 4.92. The van der Waals surface area contributed by atoms with Gasteiger partial charge in [0.2, 0.25) is 0 Å². The van der Waals surface area contributed by atoms with Crippen molar-refractivity contribution >= 4 is 27.7 Å². The van der Waals surface area contributed by atoms with Gasteiger partial charge >= 0.3 is 11.9 Å². The molecule has 156 valence electrons. The van der Waals surface area contributed by atoms with E-state index in [1.807, 2.05) is 0 Å². The summed E-state index contributed by atoms with van der Waals surface area (Å²) >= 11 is 0. The average Bonchev–Trinajstić information content (AvgIpc) is 3.09. The zero-order valence-corrected chi connectivity index (χ0v) is 17.5. The minimum Gasteiger partial charge on any atom is -0.459 e. The van der Waals surface area contributed by atoms with Crippen molar-refractivity contribution in [3.05, 3.63) is 22.5 Å². The first-order chi connectivity index (χ1) is 12.9. The molecule has 0 aromatic carbocycles. The van der Waals surface area contributed by atoms with Crippen molar-refractivity contribution in [2.75, 3.05) is 25.2 Å². The first-order valence-corrected chi connectivity index (χ1v) is 10.8. The molecule has 0 spiro atoms. The normalized spacial score (nSPS) is 18.1. The first kappa shape index (κ1) is 21.9. The predicted molar refractivity (Wildman–Crippen MR) is 101 cm³/mol. The van der Waals surface area contributed by atoms with Crippen LogP contribution in [0.5, 0.6) is 0 Å². The summed E-state index contributed by atoms with van der Waals surface area (Å²) in [7, 11) is -1.63. The van der Waals surface area contributed by atoms with Crippen LogP contribution in [0.25, 0.3) is 0 Å². The van der Waals surface area contributed by atoms with Crippen LogP contribution in [0.3, 0.4) is 0 Å². The van der Waals surface area contributed by atoms with Crippen LogP contribution in [0.4, 0.5) is 0 Å². The number of amides is 1. The molecule has 28 heavy (non-hydrogen) atoms.